The van der Waals surface area contributed by atoms with Crippen LogP contribution >= 0.6 is 35.3 Å². The second-order valence-corrected chi connectivity index (χ2v) is 6.91. The van der Waals surface area contributed by atoms with Gasteiger partial charge in [-0.05, 0) is 67.7 Å². The molecule has 0 saturated heterocycles. The van der Waals surface area contributed by atoms with E-state index in [1.54, 1.807) is 11.3 Å². The zero-order valence-corrected chi connectivity index (χ0v) is 19.0. The van der Waals surface area contributed by atoms with Gasteiger partial charge in [0.05, 0.1) is 0 Å². The predicted octanol–water partition coefficient (Wildman–Crippen LogP) is 4.15. The summed E-state index contributed by atoms with van der Waals surface area (Å²) in [7, 11) is 1.84. The van der Waals surface area contributed by atoms with Gasteiger partial charge in [0.1, 0.15) is 0 Å². The Kier molecular flexibility index (Phi) is 13.7. The number of hydrogen-bond donors (Lipinski definition) is 2. The third-order valence-electron chi connectivity index (χ3n) is 4.30. The molecule has 0 saturated carbocycles. The van der Waals surface area contributed by atoms with Gasteiger partial charge in [0, 0.05) is 19.6 Å². The van der Waals surface area contributed by atoms with Crippen LogP contribution in [0.2, 0.25) is 0 Å². The maximum Gasteiger partial charge on any atom is 0.191 e. The van der Waals surface area contributed by atoms with Crippen LogP contribution in [0.3, 0.4) is 0 Å². The van der Waals surface area contributed by atoms with Crippen molar-refractivity contribution in [1.82, 2.24) is 15.5 Å². The molecule has 140 valence electrons. The molecule has 0 amide bonds. The number of hydrogen-bond acceptors (Lipinski definition) is 3. The van der Waals surface area contributed by atoms with Crippen LogP contribution < -0.4 is 10.6 Å². The summed E-state index contributed by atoms with van der Waals surface area (Å²) in [5.41, 5.74) is 1.39. The van der Waals surface area contributed by atoms with E-state index in [1.165, 1.54) is 18.5 Å². The normalized spacial score (nSPS) is 14.2. The van der Waals surface area contributed by atoms with Crippen molar-refractivity contribution in [3.8, 4) is 0 Å². The smallest absolute Gasteiger partial charge is 0.191 e. The molecule has 6 heteroatoms. The van der Waals surface area contributed by atoms with Gasteiger partial charge in [-0.25, -0.2) is 0 Å². The van der Waals surface area contributed by atoms with Gasteiger partial charge in [0.25, 0.3) is 0 Å². The number of thiophene rings is 1. The van der Waals surface area contributed by atoms with Gasteiger partial charge in [0.2, 0.25) is 0 Å². The Balaban J connectivity index is 0.00000529. The third-order valence-corrected chi connectivity index (χ3v) is 5.00. The van der Waals surface area contributed by atoms with Gasteiger partial charge in [-0.2, -0.15) is 11.3 Å². The summed E-state index contributed by atoms with van der Waals surface area (Å²) in [5, 5.41) is 11.3. The van der Waals surface area contributed by atoms with E-state index in [4.69, 9.17) is 0 Å². The highest BCUT2D eigenvalue weighted by Crippen LogP contribution is 2.16. The predicted molar refractivity (Wildman–Crippen MR) is 119 cm³/mol. The van der Waals surface area contributed by atoms with E-state index >= 15 is 0 Å². The van der Waals surface area contributed by atoms with Crippen LogP contribution in [0.25, 0.3) is 0 Å². The van der Waals surface area contributed by atoms with Crippen LogP contribution in [0.1, 0.15) is 52.0 Å². The second-order valence-electron chi connectivity index (χ2n) is 6.13. The summed E-state index contributed by atoms with van der Waals surface area (Å²) in [6, 6.07) is 2.64. The maximum atomic E-state index is 4.34. The third kappa shape index (κ3) is 9.22. The molecular formula is C18H35IN4S. The molecule has 4 nitrogen and oxygen atoms in total. The minimum absolute atomic E-state index is 0. The lowest BCUT2D eigenvalue weighted by Crippen LogP contribution is -2.43. The fraction of sp³-hybridized carbons (Fsp3) is 0.722. The summed E-state index contributed by atoms with van der Waals surface area (Å²) < 4.78 is 0. The first-order valence-electron chi connectivity index (χ1n) is 8.82. The maximum absolute atomic E-state index is 4.34. The lowest BCUT2D eigenvalue weighted by molar-refractivity contribution is 0.292. The average molecular weight is 466 g/mol. The summed E-state index contributed by atoms with van der Waals surface area (Å²) in [6.07, 6.45) is 2.38. The molecule has 0 spiro atoms. The highest BCUT2D eigenvalue weighted by atomic mass is 127. The molecule has 0 bridgehead atoms. The SMILES string of the molecule is CCN(CC)CCCC(C)NC(=NC)NCC(C)c1ccsc1.I. The number of halogens is 1. The first-order chi connectivity index (χ1) is 11.1. The number of aliphatic imine (C=N–C) groups is 1. The van der Waals surface area contributed by atoms with Crippen molar-refractivity contribution in [2.75, 3.05) is 33.2 Å². The van der Waals surface area contributed by atoms with Gasteiger partial charge in [-0.15, -0.1) is 24.0 Å². The topological polar surface area (TPSA) is 39.7 Å². The highest BCUT2D eigenvalue weighted by molar-refractivity contribution is 14.0. The number of rotatable bonds is 10. The van der Waals surface area contributed by atoms with E-state index in [1.807, 2.05) is 7.05 Å². The summed E-state index contributed by atoms with van der Waals surface area (Å²) in [4.78, 5) is 6.82. The quantitative estimate of drug-likeness (QED) is 0.309. The minimum atomic E-state index is 0. The van der Waals surface area contributed by atoms with Gasteiger partial charge in [-0.3, -0.25) is 4.99 Å². The highest BCUT2D eigenvalue weighted by Gasteiger charge is 2.09. The van der Waals surface area contributed by atoms with Crippen molar-refractivity contribution in [2.24, 2.45) is 4.99 Å². The Bertz CT molecular complexity index is 432. The average Bonchev–Trinajstić information content (AvgIpc) is 3.09. The van der Waals surface area contributed by atoms with E-state index in [9.17, 15) is 0 Å². The molecule has 1 aromatic heterocycles. The van der Waals surface area contributed by atoms with Crippen LogP contribution in [-0.2, 0) is 0 Å². The minimum Gasteiger partial charge on any atom is -0.356 e. The summed E-state index contributed by atoms with van der Waals surface area (Å²) >= 11 is 1.76. The van der Waals surface area contributed by atoms with E-state index in [0.717, 1.165) is 32.0 Å². The number of nitrogens with one attached hydrogen (secondary N) is 2. The van der Waals surface area contributed by atoms with Crippen LogP contribution in [0.15, 0.2) is 21.8 Å². The molecule has 24 heavy (non-hydrogen) atoms. The first kappa shape index (κ1) is 23.7. The largest absolute Gasteiger partial charge is 0.356 e. The standard InChI is InChI=1S/C18H34N4S.HI/c1-6-22(7-2)11-8-9-16(4)21-18(19-5)20-13-15(3)17-10-12-23-14-17;/h10,12,14-16H,6-9,11,13H2,1-5H3,(H2,19,20,21);1H. The van der Waals surface area contributed by atoms with E-state index in [-0.39, 0.29) is 24.0 Å². The molecule has 0 fully saturated rings. The van der Waals surface area contributed by atoms with Crippen LogP contribution in [0, 0.1) is 0 Å². The molecule has 2 atom stereocenters. The Labute approximate surface area is 169 Å². The van der Waals surface area contributed by atoms with Crippen molar-refractivity contribution >= 4 is 41.3 Å². The molecule has 1 heterocycles. The van der Waals surface area contributed by atoms with Gasteiger partial charge in [0.15, 0.2) is 5.96 Å². The van der Waals surface area contributed by atoms with Gasteiger partial charge < -0.3 is 15.5 Å². The zero-order chi connectivity index (χ0) is 17.1. The van der Waals surface area contributed by atoms with Crippen LogP contribution in [0.4, 0.5) is 0 Å². The fourth-order valence-electron chi connectivity index (χ4n) is 2.58. The fourth-order valence-corrected chi connectivity index (χ4v) is 3.37. The van der Waals surface area contributed by atoms with E-state index < -0.39 is 0 Å². The summed E-state index contributed by atoms with van der Waals surface area (Å²) in [5.74, 6) is 1.40. The van der Waals surface area contributed by atoms with Crippen LogP contribution in [-0.4, -0.2) is 50.1 Å². The molecular weight excluding hydrogens is 431 g/mol. The molecule has 0 aliphatic carbocycles. The van der Waals surface area contributed by atoms with Gasteiger partial charge >= 0.3 is 0 Å². The summed E-state index contributed by atoms with van der Waals surface area (Å²) in [6.45, 7) is 13.3. The molecule has 0 radical (unpaired) electrons. The first-order valence-corrected chi connectivity index (χ1v) is 9.76. The van der Waals surface area contributed by atoms with Crippen LogP contribution in [0.5, 0.6) is 0 Å². The lowest BCUT2D eigenvalue weighted by atomic mass is 10.1. The van der Waals surface area contributed by atoms with Crippen molar-refractivity contribution in [2.45, 2.75) is 52.5 Å². The molecule has 2 unspecified atom stereocenters. The Morgan fingerprint density at radius 2 is 2.00 bits per heavy atom. The second kappa shape index (κ2) is 13.9. The lowest BCUT2D eigenvalue weighted by Gasteiger charge is -2.22. The Hall–Kier alpha value is -0.340. The molecule has 0 aromatic carbocycles. The number of nitrogens with zero attached hydrogens (tertiary/aromatic N) is 2. The van der Waals surface area contributed by atoms with Crippen molar-refractivity contribution in [3.05, 3.63) is 22.4 Å². The monoisotopic (exact) mass is 466 g/mol. The molecule has 1 aromatic rings. The Morgan fingerprint density at radius 3 is 2.54 bits per heavy atom. The van der Waals surface area contributed by atoms with Crippen molar-refractivity contribution in [3.63, 3.8) is 0 Å². The Morgan fingerprint density at radius 1 is 1.29 bits per heavy atom. The van der Waals surface area contributed by atoms with E-state index in [2.05, 4.69) is 65.0 Å². The number of guanidine groups is 1. The van der Waals surface area contributed by atoms with Gasteiger partial charge in [-0.1, -0.05) is 20.8 Å². The zero-order valence-electron chi connectivity index (χ0n) is 15.8. The van der Waals surface area contributed by atoms with Crippen molar-refractivity contribution < 1.29 is 0 Å². The molecule has 1 rings (SSSR count). The molecule has 2 N–H and O–H groups in total. The van der Waals surface area contributed by atoms with Crippen molar-refractivity contribution in [1.29, 1.82) is 0 Å². The molecule has 0 aliphatic rings. The van der Waals surface area contributed by atoms with E-state index in [0.29, 0.717) is 12.0 Å². The molecule has 0 aliphatic heterocycles.